The first-order valence-corrected chi connectivity index (χ1v) is 6.97. The number of rotatable bonds is 4. The molecule has 1 aromatic heterocycles. The molecule has 0 amide bonds. The fourth-order valence-corrected chi connectivity index (χ4v) is 2.97. The van der Waals surface area contributed by atoms with Crippen molar-refractivity contribution in [3.8, 4) is 0 Å². The van der Waals surface area contributed by atoms with Crippen molar-refractivity contribution in [2.45, 2.75) is 58.0 Å². The highest BCUT2D eigenvalue weighted by Crippen LogP contribution is 2.28. The monoisotopic (exact) mass is 232 g/mol. The molecule has 2 nitrogen and oxygen atoms in total. The Bertz CT molecular complexity index is 323. The molecule has 17 heavy (non-hydrogen) atoms. The molecule has 1 aliphatic carbocycles. The molecule has 0 aromatic carbocycles. The molecule has 1 saturated carbocycles. The van der Waals surface area contributed by atoms with Gasteiger partial charge in [-0.3, -0.25) is 4.98 Å². The van der Waals surface area contributed by atoms with E-state index >= 15 is 0 Å². The third kappa shape index (κ3) is 3.29. The smallest absolute Gasteiger partial charge is 0.0315 e. The molecular formula is C15H24N2. The second-order valence-electron chi connectivity index (χ2n) is 5.23. The van der Waals surface area contributed by atoms with Gasteiger partial charge < -0.3 is 5.32 Å². The minimum absolute atomic E-state index is 0.417. The minimum Gasteiger partial charge on any atom is -0.307 e. The summed E-state index contributed by atoms with van der Waals surface area (Å²) in [5.41, 5.74) is 1.30. The summed E-state index contributed by atoms with van der Waals surface area (Å²) in [4.78, 5) is 4.20. The van der Waals surface area contributed by atoms with Crippen LogP contribution in [0.2, 0.25) is 0 Å². The van der Waals surface area contributed by atoms with Crippen LogP contribution in [0.5, 0.6) is 0 Å². The first kappa shape index (κ1) is 12.6. The third-order valence-electron chi connectivity index (χ3n) is 4.08. The summed E-state index contributed by atoms with van der Waals surface area (Å²) >= 11 is 0. The number of pyridine rings is 1. The Morgan fingerprint density at radius 2 is 2.24 bits per heavy atom. The summed E-state index contributed by atoms with van der Waals surface area (Å²) in [5, 5.41) is 3.80. The fraction of sp³-hybridized carbons (Fsp3) is 0.667. The van der Waals surface area contributed by atoms with Crippen LogP contribution in [0.25, 0.3) is 0 Å². The predicted molar refractivity (Wildman–Crippen MR) is 71.8 cm³/mol. The van der Waals surface area contributed by atoms with E-state index < -0.39 is 0 Å². The van der Waals surface area contributed by atoms with Crippen LogP contribution in [0, 0.1) is 5.92 Å². The van der Waals surface area contributed by atoms with Crippen LogP contribution >= 0.6 is 0 Å². The lowest BCUT2D eigenvalue weighted by Gasteiger charge is -2.34. The normalized spacial score (nSPS) is 26.7. The van der Waals surface area contributed by atoms with Gasteiger partial charge in [0, 0.05) is 24.5 Å². The summed E-state index contributed by atoms with van der Waals surface area (Å²) in [7, 11) is 0. The molecule has 1 aromatic rings. The van der Waals surface area contributed by atoms with Gasteiger partial charge in [0.05, 0.1) is 0 Å². The van der Waals surface area contributed by atoms with Crippen molar-refractivity contribution in [2.75, 3.05) is 0 Å². The van der Waals surface area contributed by atoms with Crippen molar-refractivity contribution in [2.24, 2.45) is 5.92 Å². The summed E-state index contributed by atoms with van der Waals surface area (Å²) in [5.74, 6) is 0.864. The molecule has 0 radical (unpaired) electrons. The fourth-order valence-electron chi connectivity index (χ4n) is 2.97. The highest BCUT2D eigenvalue weighted by Gasteiger charge is 2.24. The third-order valence-corrected chi connectivity index (χ3v) is 4.08. The van der Waals surface area contributed by atoms with E-state index in [9.17, 15) is 0 Å². The molecule has 1 N–H and O–H groups in total. The topological polar surface area (TPSA) is 24.9 Å². The van der Waals surface area contributed by atoms with Gasteiger partial charge in [-0.15, -0.1) is 0 Å². The van der Waals surface area contributed by atoms with E-state index in [1.54, 1.807) is 0 Å². The molecule has 1 fully saturated rings. The average Bonchev–Trinajstić information content (AvgIpc) is 2.40. The zero-order valence-corrected chi connectivity index (χ0v) is 11.0. The van der Waals surface area contributed by atoms with Gasteiger partial charge in [0.2, 0.25) is 0 Å². The first-order chi connectivity index (χ1) is 8.31. The van der Waals surface area contributed by atoms with E-state index in [-0.39, 0.29) is 0 Å². The van der Waals surface area contributed by atoms with Crippen LogP contribution in [-0.4, -0.2) is 11.0 Å². The lowest BCUT2D eigenvalue weighted by Crippen LogP contribution is -2.39. The number of hydrogen-bond donors (Lipinski definition) is 1. The Morgan fingerprint density at radius 3 is 2.94 bits per heavy atom. The van der Waals surface area contributed by atoms with Crippen molar-refractivity contribution >= 4 is 0 Å². The summed E-state index contributed by atoms with van der Waals surface area (Å²) in [6.07, 6.45) is 10.6. The van der Waals surface area contributed by atoms with Gasteiger partial charge >= 0.3 is 0 Å². The van der Waals surface area contributed by atoms with E-state index in [4.69, 9.17) is 0 Å². The lowest BCUT2D eigenvalue weighted by atomic mass is 9.82. The van der Waals surface area contributed by atoms with E-state index in [1.165, 1.54) is 37.7 Å². The van der Waals surface area contributed by atoms with Crippen molar-refractivity contribution in [3.05, 3.63) is 30.1 Å². The van der Waals surface area contributed by atoms with Crippen molar-refractivity contribution < 1.29 is 0 Å². The van der Waals surface area contributed by atoms with Gasteiger partial charge in [-0.2, -0.15) is 0 Å². The number of aromatic nitrogens is 1. The lowest BCUT2D eigenvalue weighted by molar-refractivity contribution is 0.240. The maximum atomic E-state index is 4.20. The predicted octanol–water partition coefficient (Wildman–Crippen LogP) is 3.70. The van der Waals surface area contributed by atoms with E-state index in [1.807, 2.05) is 18.5 Å². The van der Waals surface area contributed by atoms with Crippen LogP contribution in [0.15, 0.2) is 24.5 Å². The standard InChI is InChI=1S/C15H24N2/c1-3-13-7-4-5-9-15(13)17-12(2)14-8-6-10-16-11-14/h6,8,10-13,15,17H,3-5,7,9H2,1-2H3/t12-,13?,15?/m0/s1. The molecule has 2 unspecified atom stereocenters. The van der Waals surface area contributed by atoms with E-state index in [0.717, 1.165) is 5.92 Å². The summed E-state index contributed by atoms with van der Waals surface area (Å²) in [6.45, 7) is 4.57. The number of nitrogens with one attached hydrogen (secondary N) is 1. The molecule has 2 rings (SSSR count). The molecule has 94 valence electrons. The largest absolute Gasteiger partial charge is 0.307 e. The molecule has 0 bridgehead atoms. The maximum Gasteiger partial charge on any atom is 0.0315 e. The van der Waals surface area contributed by atoms with Gasteiger partial charge in [0.15, 0.2) is 0 Å². The van der Waals surface area contributed by atoms with E-state index in [2.05, 4.69) is 30.2 Å². The average molecular weight is 232 g/mol. The molecule has 2 heteroatoms. The van der Waals surface area contributed by atoms with Gasteiger partial charge in [0.1, 0.15) is 0 Å². The van der Waals surface area contributed by atoms with Crippen molar-refractivity contribution in [1.29, 1.82) is 0 Å². The highest BCUT2D eigenvalue weighted by atomic mass is 15.0. The SMILES string of the molecule is CCC1CCCCC1N[C@@H](C)c1cccnc1. The minimum atomic E-state index is 0.417. The molecule has 1 heterocycles. The van der Waals surface area contributed by atoms with E-state index in [0.29, 0.717) is 12.1 Å². The van der Waals surface area contributed by atoms with Crippen LogP contribution in [0.1, 0.15) is 57.6 Å². The maximum absolute atomic E-state index is 4.20. The van der Waals surface area contributed by atoms with Crippen molar-refractivity contribution in [3.63, 3.8) is 0 Å². The van der Waals surface area contributed by atoms with Crippen molar-refractivity contribution in [1.82, 2.24) is 10.3 Å². The van der Waals surface area contributed by atoms with Gasteiger partial charge in [0.25, 0.3) is 0 Å². The first-order valence-electron chi connectivity index (χ1n) is 6.97. The molecule has 1 aliphatic rings. The van der Waals surface area contributed by atoms with Crippen LogP contribution in [0.4, 0.5) is 0 Å². The zero-order chi connectivity index (χ0) is 12.1. The Kier molecular flexibility index (Phi) is 4.55. The Labute approximate surface area is 105 Å². The van der Waals surface area contributed by atoms with Crippen LogP contribution < -0.4 is 5.32 Å². The zero-order valence-electron chi connectivity index (χ0n) is 11.0. The van der Waals surface area contributed by atoms with Crippen LogP contribution in [-0.2, 0) is 0 Å². The second kappa shape index (κ2) is 6.15. The number of hydrogen-bond acceptors (Lipinski definition) is 2. The Balaban J connectivity index is 1.95. The highest BCUT2D eigenvalue weighted by molar-refractivity contribution is 5.13. The molecule has 0 spiro atoms. The number of nitrogens with zero attached hydrogens (tertiary/aromatic N) is 1. The Hall–Kier alpha value is -0.890. The van der Waals surface area contributed by atoms with Crippen LogP contribution in [0.3, 0.4) is 0 Å². The summed E-state index contributed by atoms with van der Waals surface area (Å²) in [6, 6.07) is 5.30. The van der Waals surface area contributed by atoms with Gasteiger partial charge in [-0.05, 0) is 37.3 Å². The quantitative estimate of drug-likeness (QED) is 0.856. The Morgan fingerprint density at radius 1 is 1.41 bits per heavy atom. The summed E-state index contributed by atoms with van der Waals surface area (Å²) < 4.78 is 0. The molecular weight excluding hydrogens is 208 g/mol. The van der Waals surface area contributed by atoms with Gasteiger partial charge in [-0.1, -0.05) is 32.3 Å². The molecule has 3 atom stereocenters. The molecule has 0 aliphatic heterocycles. The van der Waals surface area contributed by atoms with Gasteiger partial charge in [-0.25, -0.2) is 0 Å². The molecule has 0 saturated heterocycles. The second-order valence-corrected chi connectivity index (χ2v) is 5.23.